The summed E-state index contributed by atoms with van der Waals surface area (Å²) in [4.78, 5) is 9.61. The number of aromatic nitrogens is 1. The van der Waals surface area contributed by atoms with E-state index >= 15 is 0 Å². The first-order chi connectivity index (χ1) is 17.5. The molecule has 36 heavy (non-hydrogen) atoms. The third kappa shape index (κ3) is 5.34. The molecule has 2 N–H and O–H groups in total. The summed E-state index contributed by atoms with van der Waals surface area (Å²) in [5.74, 6) is 1.07. The summed E-state index contributed by atoms with van der Waals surface area (Å²) in [6.45, 7) is 6.33. The molecule has 1 saturated heterocycles. The molecule has 1 aromatic heterocycles. The number of hydrogen-bond donors (Lipinski definition) is 2. The van der Waals surface area contributed by atoms with Gasteiger partial charge in [-0.1, -0.05) is 11.6 Å². The van der Waals surface area contributed by atoms with E-state index in [1.165, 1.54) is 0 Å². The fourth-order valence-corrected chi connectivity index (χ4v) is 4.89. The summed E-state index contributed by atoms with van der Waals surface area (Å²) in [5.41, 5.74) is 4.38. The number of nitrogens with zero attached hydrogens (tertiary/aromatic N) is 3. The van der Waals surface area contributed by atoms with Gasteiger partial charge in [-0.25, -0.2) is 4.98 Å². The standard InChI is InChI=1S/C28H31ClN4O3/c1-35-14-13-32-9-11-33(12-10-32)18-19-15-21(4-8-27(19)34)30-28-23-6-3-20(29)16-26(23)31-25-7-5-22(36-2)17-24(25)28/h3-8,15-17,34H,9-14,18H2,1-2H3,(H,30,31). The molecule has 0 spiro atoms. The molecule has 7 nitrogen and oxygen atoms in total. The van der Waals surface area contributed by atoms with Crippen molar-refractivity contribution >= 4 is 44.8 Å². The van der Waals surface area contributed by atoms with Crippen LogP contribution in [0.5, 0.6) is 11.5 Å². The molecule has 1 aliphatic heterocycles. The van der Waals surface area contributed by atoms with Gasteiger partial charge in [-0.2, -0.15) is 0 Å². The third-order valence-corrected chi connectivity index (χ3v) is 7.00. The molecule has 1 aliphatic rings. The van der Waals surface area contributed by atoms with Crippen LogP contribution in [0.3, 0.4) is 0 Å². The molecule has 0 unspecified atom stereocenters. The maximum Gasteiger partial charge on any atom is 0.120 e. The monoisotopic (exact) mass is 506 g/mol. The maximum absolute atomic E-state index is 10.6. The summed E-state index contributed by atoms with van der Waals surface area (Å²) in [6, 6.07) is 17.3. The summed E-state index contributed by atoms with van der Waals surface area (Å²) < 4.78 is 10.7. The number of phenolic OH excluding ortho intramolecular Hbond substituents is 1. The van der Waals surface area contributed by atoms with Crippen LogP contribution in [-0.4, -0.2) is 73.4 Å². The van der Waals surface area contributed by atoms with E-state index in [0.717, 1.165) is 83.8 Å². The molecule has 0 aliphatic carbocycles. The topological polar surface area (TPSA) is 70.1 Å². The van der Waals surface area contributed by atoms with Gasteiger partial charge in [-0.15, -0.1) is 0 Å². The number of hydrogen-bond acceptors (Lipinski definition) is 7. The van der Waals surface area contributed by atoms with Crippen LogP contribution < -0.4 is 10.1 Å². The van der Waals surface area contributed by atoms with Crippen LogP contribution in [0.4, 0.5) is 11.4 Å². The van der Waals surface area contributed by atoms with Gasteiger partial charge in [0.2, 0.25) is 0 Å². The van der Waals surface area contributed by atoms with E-state index in [1.807, 2.05) is 48.5 Å². The Morgan fingerprint density at radius 1 is 0.917 bits per heavy atom. The van der Waals surface area contributed by atoms with Crippen molar-refractivity contribution in [2.45, 2.75) is 6.54 Å². The molecule has 0 radical (unpaired) electrons. The smallest absolute Gasteiger partial charge is 0.120 e. The van der Waals surface area contributed by atoms with Gasteiger partial charge in [0.25, 0.3) is 0 Å². The van der Waals surface area contributed by atoms with E-state index in [1.54, 1.807) is 20.3 Å². The first kappa shape index (κ1) is 24.6. The van der Waals surface area contributed by atoms with Crippen molar-refractivity contribution < 1.29 is 14.6 Å². The number of fused-ring (bicyclic) bond motifs is 2. The zero-order valence-electron chi connectivity index (χ0n) is 20.6. The number of methoxy groups -OCH3 is 2. The van der Waals surface area contributed by atoms with Gasteiger partial charge >= 0.3 is 0 Å². The number of ether oxygens (including phenoxy) is 2. The molecule has 1 fully saturated rings. The number of halogens is 1. The van der Waals surface area contributed by atoms with E-state index in [-0.39, 0.29) is 0 Å². The molecule has 8 heteroatoms. The Kier molecular flexibility index (Phi) is 7.43. The van der Waals surface area contributed by atoms with E-state index < -0.39 is 0 Å². The van der Waals surface area contributed by atoms with Crippen molar-refractivity contribution in [3.8, 4) is 11.5 Å². The molecule has 188 valence electrons. The van der Waals surface area contributed by atoms with E-state index in [4.69, 9.17) is 26.1 Å². The predicted octanol–water partition coefficient (Wildman–Crippen LogP) is 5.26. The first-order valence-corrected chi connectivity index (χ1v) is 12.5. The maximum atomic E-state index is 10.6. The van der Waals surface area contributed by atoms with Crippen LogP contribution in [0, 0.1) is 0 Å². The van der Waals surface area contributed by atoms with E-state index in [9.17, 15) is 5.11 Å². The van der Waals surface area contributed by atoms with Crippen molar-refractivity contribution in [1.29, 1.82) is 0 Å². The van der Waals surface area contributed by atoms with Crippen LogP contribution >= 0.6 is 11.6 Å². The van der Waals surface area contributed by atoms with Crippen molar-refractivity contribution in [2.75, 3.05) is 58.9 Å². The highest BCUT2D eigenvalue weighted by Crippen LogP contribution is 2.36. The molecule has 4 aromatic rings. The Bertz CT molecular complexity index is 1370. The Morgan fingerprint density at radius 2 is 1.72 bits per heavy atom. The highest BCUT2D eigenvalue weighted by molar-refractivity contribution is 6.31. The molecule has 0 bridgehead atoms. The number of pyridine rings is 1. The minimum atomic E-state index is 0.306. The normalized spacial score (nSPS) is 15.0. The average Bonchev–Trinajstić information content (AvgIpc) is 2.89. The zero-order chi connectivity index (χ0) is 25.1. The molecule has 0 saturated carbocycles. The van der Waals surface area contributed by atoms with Crippen molar-refractivity contribution in [2.24, 2.45) is 0 Å². The van der Waals surface area contributed by atoms with E-state index in [0.29, 0.717) is 17.3 Å². The van der Waals surface area contributed by atoms with Gasteiger partial charge in [0.15, 0.2) is 0 Å². The number of benzene rings is 3. The summed E-state index contributed by atoms with van der Waals surface area (Å²) in [6.07, 6.45) is 0. The van der Waals surface area contributed by atoms with Crippen molar-refractivity contribution in [3.63, 3.8) is 0 Å². The Hall–Kier alpha value is -3.10. The largest absolute Gasteiger partial charge is 0.508 e. The molecular weight excluding hydrogens is 476 g/mol. The molecular formula is C28H31ClN4O3. The first-order valence-electron chi connectivity index (χ1n) is 12.1. The van der Waals surface area contributed by atoms with Gasteiger partial charge in [-0.05, 0) is 54.6 Å². The van der Waals surface area contributed by atoms with Crippen molar-refractivity contribution in [1.82, 2.24) is 14.8 Å². The minimum absolute atomic E-state index is 0.306. The SMILES string of the molecule is COCCN1CCN(Cc2cc(Nc3c4ccc(Cl)cc4nc4ccc(OC)cc34)ccc2O)CC1. The van der Waals surface area contributed by atoms with E-state index in [2.05, 4.69) is 15.1 Å². The van der Waals surface area contributed by atoms with Gasteiger partial charge < -0.3 is 19.9 Å². The Balaban J connectivity index is 1.44. The molecule has 2 heterocycles. The zero-order valence-corrected chi connectivity index (χ0v) is 21.4. The van der Waals surface area contributed by atoms with Gasteiger partial charge in [0.1, 0.15) is 11.5 Å². The number of rotatable bonds is 8. The molecule has 3 aromatic carbocycles. The van der Waals surface area contributed by atoms with Crippen molar-refractivity contribution in [3.05, 3.63) is 65.2 Å². The van der Waals surface area contributed by atoms with Gasteiger partial charge in [0, 0.05) is 73.4 Å². The highest BCUT2D eigenvalue weighted by Gasteiger charge is 2.18. The summed E-state index contributed by atoms with van der Waals surface area (Å²) >= 11 is 6.27. The Labute approximate surface area is 216 Å². The van der Waals surface area contributed by atoms with Crippen LogP contribution in [0.2, 0.25) is 5.02 Å². The number of nitrogens with one attached hydrogen (secondary N) is 1. The number of aromatic hydroxyl groups is 1. The predicted molar refractivity (Wildman–Crippen MR) is 146 cm³/mol. The second-order valence-electron chi connectivity index (χ2n) is 9.11. The average molecular weight is 507 g/mol. The van der Waals surface area contributed by atoms with Crippen LogP contribution in [0.25, 0.3) is 21.8 Å². The lowest BCUT2D eigenvalue weighted by molar-refractivity contribution is 0.0934. The number of piperazine rings is 1. The lowest BCUT2D eigenvalue weighted by Crippen LogP contribution is -2.46. The second-order valence-corrected chi connectivity index (χ2v) is 9.55. The molecule has 5 rings (SSSR count). The lowest BCUT2D eigenvalue weighted by atomic mass is 10.1. The Morgan fingerprint density at radius 3 is 2.50 bits per heavy atom. The molecule has 0 amide bonds. The highest BCUT2D eigenvalue weighted by atomic mass is 35.5. The minimum Gasteiger partial charge on any atom is -0.508 e. The van der Waals surface area contributed by atoms with Gasteiger partial charge in [0.05, 0.1) is 30.4 Å². The summed E-state index contributed by atoms with van der Waals surface area (Å²) in [5, 5.41) is 16.8. The third-order valence-electron chi connectivity index (χ3n) is 6.76. The van der Waals surface area contributed by atoms with Crippen LogP contribution in [0.15, 0.2) is 54.6 Å². The second kappa shape index (κ2) is 10.9. The van der Waals surface area contributed by atoms with Crippen LogP contribution in [0.1, 0.15) is 5.56 Å². The number of anilines is 2. The number of phenols is 1. The van der Waals surface area contributed by atoms with Crippen LogP contribution in [-0.2, 0) is 11.3 Å². The fourth-order valence-electron chi connectivity index (χ4n) is 4.72. The fraction of sp³-hybridized carbons (Fsp3) is 0.321. The summed E-state index contributed by atoms with van der Waals surface area (Å²) in [7, 11) is 3.40. The lowest BCUT2D eigenvalue weighted by Gasteiger charge is -2.34. The van der Waals surface area contributed by atoms with Gasteiger partial charge in [-0.3, -0.25) is 9.80 Å². The molecule has 0 atom stereocenters. The quantitative estimate of drug-likeness (QED) is 0.249.